The number of anilines is 2. The minimum Gasteiger partial charge on any atom is -0.368 e. The van der Waals surface area contributed by atoms with Crippen molar-refractivity contribution in [1.29, 1.82) is 0 Å². The van der Waals surface area contributed by atoms with Gasteiger partial charge in [0.15, 0.2) is 0 Å². The van der Waals surface area contributed by atoms with Crippen LogP contribution >= 0.6 is 0 Å². The predicted molar refractivity (Wildman–Crippen MR) is 97.0 cm³/mol. The van der Waals surface area contributed by atoms with E-state index in [1.807, 2.05) is 6.07 Å². The van der Waals surface area contributed by atoms with Crippen molar-refractivity contribution in [1.82, 2.24) is 9.97 Å². The fourth-order valence-electron chi connectivity index (χ4n) is 3.25. The van der Waals surface area contributed by atoms with Crippen LogP contribution in [0, 0.1) is 15.9 Å². The Morgan fingerprint density at radius 3 is 2.35 bits per heavy atom. The van der Waals surface area contributed by atoms with E-state index >= 15 is 0 Å². The van der Waals surface area contributed by atoms with E-state index in [0.29, 0.717) is 10.9 Å². The van der Waals surface area contributed by atoms with E-state index < -0.39 is 4.92 Å². The fraction of sp³-hybridized carbons (Fsp3) is 0.222. The molecule has 4 rings (SSSR count). The summed E-state index contributed by atoms with van der Waals surface area (Å²) in [6, 6.07) is 11.5. The number of hydrogen-bond acceptors (Lipinski definition) is 6. The number of fused-ring (bicyclic) bond motifs is 1. The zero-order chi connectivity index (χ0) is 18.1. The van der Waals surface area contributed by atoms with Crippen LogP contribution in [0.25, 0.3) is 10.9 Å². The number of nitrogens with zero attached hydrogens (tertiary/aromatic N) is 5. The predicted octanol–water partition coefficient (Wildman–Crippen LogP) is 3.00. The second kappa shape index (κ2) is 6.55. The van der Waals surface area contributed by atoms with E-state index in [4.69, 9.17) is 0 Å². The molecule has 0 N–H and O–H groups in total. The number of halogens is 1. The number of nitro groups is 1. The van der Waals surface area contributed by atoms with Gasteiger partial charge < -0.3 is 9.80 Å². The average molecular weight is 353 g/mol. The molecule has 0 unspecified atom stereocenters. The van der Waals surface area contributed by atoms with Gasteiger partial charge in [-0.1, -0.05) is 6.07 Å². The molecule has 7 nitrogen and oxygen atoms in total. The Hall–Kier alpha value is -3.29. The number of para-hydroxylation sites is 1. The maximum absolute atomic E-state index is 13.9. The lowest BCUT2D eigenvalue weighted by atomic mass is 10.2. The third kappa shape index (κ3) is 2.90. The smallest absolute Gasteiger partial charge is 0.269 e. The summed E-state index contributed by atoms with van der Waals surface area (Å²) in [5.74, 6) is 0.383. The highest BCUT2D eigenvalue weighted by atomic mass is 19.1. The molecule has 2 aromatic carbocycles. The van der Waals surface area contributed by atoms with Crippen LogP contribution in [0.15, 0.2) is 48.8 Å². The van der Waals surface area contributed by atoms with Crippen LogP contribution in [0.1, 0.15) is 0 Å². The zero-order valence-corrected chi connectivity index (χ0v) is 13.9. The lowest BCUT2D eigenvalue weighted by Gasteiger charge is -2.37. The van der Waals surface area contributed by atoms with Crippen LogP contribution in [0.5, 0.6) is 0 Å². The molecule has 132 valence electrons. The molecule has 3 aromatic rings. The third-order valence-electron chi connectivity index (χ3n) is 4.60. The molecule has 8 heteroatoms. The van der Waals surface area contributed by atoms with Crippen molar-refractivity contribution in [2.75, 3.05) is 36.0 Å². The van der Waals surface area contributed by atoms with Crippen LogP contribution in [0.2, 0.25) is 0 Å². The quantitative estimate of drug-likeness (QED) is 0.532. The third-order valence-corrected chi connectivity index (χ3v) is 4.60. The molecule has 1 aromatic heterocycles. The van der Waals surface area contributed by atoms with Crippen molar-refractivity contribution < 1.29 is 9.31 Å². The molecule has 0 bridgehead atoms. The number of nitro benzene ring substituents is 1. The number of benzene rings is 2. The van der Waals surface area contributed by atoms with E-state index in [2.05, 4.69) is 19.8 Å². The van der Waals surface area contributed by atoms with E-state index in [9.17, 15) is 14.5 Å². The minimum atomic E-state index is -0.402. The van der Waals surface area contributed by atoms with Gasteiger partial charge >= 0.3 is 0 Å². The molecule has 1 fully saturated rings. The highest BCUT2D eigenvalue weighted by Gasteiger charge is 2.21. The standard InChI is InChI=1S/C18H16FN5O2/c19-16-3-1-2-15-17(16)20-12-21-18(15)23-10-8-22(9-11-23)13-4-6-14(7-5-13)24(25)26/h1-7,12H,8-11H2. The topological polar surface area (TPSA) is 75.4 Å². The molecule has 1 aliphatic rings. The van der Waals surface area contributed by atoms with E-state index in [1.54, 1.807) is 18.2 Å². The molecule has 1 aliphatic heterocycles. The number of rotatable bonds is 3. The first kappa shape index (κ1) is 16.2. The molecule has 0 radical (unpaired) electrons. The normalized spacial score (nSPS) is 14.7. The van der Waals surface area contributed by atoms with Crippen LogP contribution in [-0.4, -0.2) is 41.1 Å². The van der Waals surface area contributed by atoms with Gasteiger partial charge in [0.2, 0.25) is 0 Å². The molecular weight excluding hydrogens is 337 g/mol. The van der Waals surface area contributed by atoms with Crippen LogP contribution in [-0.2, 0) is 0 Å². The van der Waals surface area contributed by atoms with Crippen molar-refractivity contribution in [3.8, 4) is 0 Å². The van der Waals surface area contributed by atoms with Gasteiger partial charge in [-0.15, -0.1) is 0 Å². The van der Waals surface area contributed by atoms with Gasteiger partial charge in [0.05, 0.1) is 4.92 Å². The monoisotopic (exact) mass is 353 g/mol. The van der Waals surface area contributed by atoms with Gasteiger partial charge in [0.25, 0.3) is 5.69 Å². The Labute approximate surface area is 148 Å². The Morgan fingerprint density at radius 2 is 1.65 bits per heavy atom. The van der Waals surface area contributed by atoms with Gasteiger partial charge in [-0.2, -0.15) is 0 Å². The number of hydrogen-bond donors (Lipinski definition) is 0. The Bertz CT molecular complexity index is 955. The second-order valence-corrected chi connectivity index (χ2v) is 6.08. The first-order valence-electron chi connectivity index (χ1n) is 8.27. The molecule has 0 spiro atoms. The summed E-state index contributed by atoms with van der Waals surface area (Å²) >= 11 is 0. The first-order chi connectivity index (χ1) is 12.6. The minimum absolute atomic E-state index is 0.0851. The van der Waals surface area contributed by atoms with Crippen molar-refractivity contribution in [2.45, 2.75) is 0 Å². The molecule has 0 saturated carbocycles. The summed E-state index contributed by atoms with van der Waals surface area (Å²) in [7, 11) is 0. The molecule has 0 amide bonds. The summed E-state index contributed by atoms with van der Waals surface area (Å²) in [6.45, 7) is 2.94. The molecule has 0 atom stereocenters. The first-order valence-corrected chi connectivity index (χ1v) is 8.27. The summed E-state index contributed by atoms with van der Waals surface area (Å²) in [5, 5.41) is 11.5. The largest absolute Gasteiger partial charge is 0.368 e. The van der Waals surface area contributed by atoms with E-state index in [1.165, 1.54) is 24.5 Å². The number of piperazine rings is 1. The lowest BCUT2D eigenvalue weighted by molar-refractivity contribution is -0.384. The molecule has 1 saturated heterocycles. The van der Waals surface area contributed by atoms with Crippen molar-refractivity contribution >= 4 is 28.1 Å². The van der Waals surface area contributed by atoms with Crippen molar-refractivity contribution in [3.05, 3.63) is 64.7 Å². The second-order valence-electron chi connectivity index (χ2n) is 6.08. The van der Waals surface area contributed by atoms with Crippen LogP contribution in [0.4, 0.5) is 21.6 Å². The van der Waals surface area contributed by atoms with Gasteiger partial charge in [-0.05, 0) is 24.3 Å². The Morgan fingerprint density at radius 1 is 0.962 bits per heavy atom. The number of non-ortho nitro benzene ring substituents is 1. The molecular formula is C18H16FN5O2. The lowest BCUT2D eigenvalue weighted by Crippen LogP contribution is -2.46. The van der Waals surface area contributed by atoms with Crippen LogP contribution < -0.4 is 9.80 Å². The van der Waals surface area contributed by atoms with Gasteiger partial charge in [-0.25, -0.2) is 14.4 Å². The van der Waals surface area contributed by atoms with Crippen LogP contribution in [0.3, 0.4) is 0 Å². The number of aromatic nitrogens is 2. The zero-order valence-electron chi connectivity index (χ0n) is 13.9. The fourth-order valence-corrected chi connectivity index (χ4v) is 3.25. The maximum Gasteiger partial charge on any atom is 0.269 e. The van der Waals surface area contributed by atoms with Crippen molar-refractivity contribution in [3.63, 3.8) is 0 Å². The average Bonchev–Trinajstić information content (AvgIpc) is 2.68. The highest BCUT2D eigenvalue weighted by Crippen LogP contribution is 2.27. The molecule has 0 aliphatic carbocycles. The summed E-state index contributed by atoms with van der Waals surface area (Å²) in [4.78, 5) is 23.0. The highest BCUT2D eigenvalue weighted by molar-refractivity contribution is 5.89. The molecule has 26 heavy (non-hydrogen) atoms. The van der Waals surface area contributed by atoms with E-state index in [-0.39, 0.29) is 11.5 Å². The van der Waals surface area contributed by atoms with Gasteiger partial charge in [0, 0.05) is 49.4 Å². The summed E-state index contributed by atoms with van der Waals surface area (Å²) in [6.07, 6.45) is 1.39. The van der Waals surface area contributed by atoms with Gasteiger partial charge in [0.1, 0.15) is 23.5 Å². The summed E-state index contributed by atoms with van der Waals surface area (Å²) in [5.41, 5.74) is 1.37. The van der Waals surface area contributed by atoms with E-state index in [0.717, 1.165) is 37.7 Å². The summed E-state index contributed by atoms with van der Waals surface area (Å²) < 4.78 is 13.9. The Kier molecular flexibility index (Phi) is 4.08. The SMILES string of the molecule is O=[N+]([O-])c1ccc(N2CCN(c3ncnc4c(F)cccc34)CC2)cc1. The maximum atomic E-state index is 13.9. The molecule has 2 heterocycles. The van der Waals surface area contributed by atoms with Gasteiger partial charge in [-0.3, -0.25) is 10.1 Å². The van der Waals surface area contributed by atoms with Crippen molar-refractivity contribution in [2.24, 2.45) is 0 Å². The Balaban J connectivity index is 1.52.